The highest BCUT2D eigenvalue weighted by molar-refractivity contribution is 5.92. The monoisotopic (exact) mass is 564 g/mol. The van der Waals surface area contributed by atoms with E-state index in [0.717, 1.165) is 68.0 Å². The molecule has 0 aliphatic carbocycles. The molecule has 1 saturated heterocycles. The molecule has 5 nitrogen and oxygen atoms in total. The number of hydrogen-bond donors (Lipinski definition) is 0. The lowest BCUT2D eigenvalue weighted by Gasteiger charge is -2.38. The van der Waals surface area contributed by atoms with E-state index in [1.807, 2.05) is 48.3 Å². The minimum atomic E-state index is -4.39. The topological polar surface area (TPSA) is 39.7 Å². The van der Waals surface area contributed by atoms with Crippen molar-refractivity contribution in [3.63, 3.8) is 0 Å². The van der Waals surface area contributed by atoms with Gasteiger partial charge in [0.15, 0.2) is 0 Å². The van der Waals surface area contributed by atoms with Crippen LogP contribution < -0.4 is 4.90 Å². The number of amides is 1. The number of halogens is 3. The minimum Gasteiger partial charge on any atom is -0.345 e. The number of hydrogen-bond acceptors (Lipinski definition) is 4. The van der Waals surface area contributed by atoms with Gasteiger partial charge in [-0.15, -0.1) is 0 Å². The first-order valence-electron chi connectivity index (χ1n) is 14.2. The Morgan fingerprint density at radius 2 is 1.59 bits per heavy atom. The molecule has 0 radical (unpaired) electrons. The zero-order valence-corrected chi connectivity index (χ0v) is 24.0. The van der Waals surface area contributed by atoms with E-state index in [2.05, 4.69) is 28.6 Å². The number of benzene rings is 2. The summed E-state index contributed by atoms with van der Waals surface area (Å²) in [6.45, 7) is 7.89. The number of rotatable bonds is 10. The van der Waals surface area contributed by atoms with Crippen molar-refractivity contribution < 1.29 is 18.0 Å². The zero-order chi connectivity index (χ0) is 29.4. The summed E-state index contributed by atoms with van der Waals surface area (Å²) in [5.74, 6) is 0.519. The van der Waals surface area contributed by atoms with E-state index >= 15 is 0 Å². The van der Waals surface area contributed by atoms with Crippen molar-refractivity contribution in [3.8, 4) is 0 Å². The average molecular weight is 565 g/mol. The molecule has 1 aliphatic heterocycles. The number of likely N-dealkylation sites (tertiary alicyclic amines) is 1. The number of piperidine rings is 1. The van der Waals surface area contributed by atoms with Crippen LogP contribution in [0.1, 0.15) is 49.8 Å². The third-order valence-corrected chi connectivity index (χ3v) is 7.69. The molecule has 2 aromatic carbocycles. The molecule has 4 rings (SSSR count). The molecule has 41 heavy (non-hydrogen) atoms. The molecule has 0 atom stereocenters. The van der Waals surface area contributed by atoms with Crippen LogP contribution in [0.25, 0.3) is 6.08 Å². The fourth-order valence-corrected chi connectivity index (χ4v) is 5.07. The molecular formula is C33H39F3N4O. The zero-order valence-electron chi connectivity index (χ0n) is 24.0. The SMILES string of the molecule is CC(C)CCN1CCC(N(Cc2ccc(N(C)c3ccncc3)cc2)C(=O)/C=C/c2ccc(C(F)(F)F)cc2)CC1. The minimum absolute atomic E-state index is 0.0919. The van der Waals surface area contributed by atoms with Gasteiger partial charge in [-0.3, -0.25) is 9.78 Å². The Morgan fingerprint density at radius 3 is 2.17 bits per heavy atom. The van der Waals surface area contributed by atoms with E-state index in [4.69, 9.17) is 0 Å². The van der Waals surface area contributed by atoms with Gasteiger partial charge in [-0.25, -0.2) is 0 Å². The quantitative estimate of drug-likeness (QED) is 0.240. The number of nitrogens with zero attached hydrogens (tertiary/aromatic N) is 4. The standard InChI is InChI=1S/C33H39F3N4O/c1-25(2)16-21-39-22-17-31(18-23-39)40(32(41)13-8-26-4-9-28(10-5-26)33(34,35)36)24-27-6-11-29(12-7-27)38(3)30-14-19-37-20-15-30/h4-15,19-20,25,31H,16-18,21-24H2,1-3H3/b13-8+. The van der Waals surface area contributed by atoms with Crippen LogP contribution in [0.5, 0.6) is 0 Å². The predicted octanol–water partition coefficient (Wildman–Crippen LogP) is 7.42. The summed E-state index contributed by atoms with van der Waals surface area (Å²) in [4.78, 5) is 24.1. The first-order chi connectivity index (χ1) is 19.6. The molecule has 1 amide bonds. The molecule has 1 aromatic heterocycles. The second-order valence-corrected chi connectivity index (χ2v) is 11.1. The van der Waals surface area contributed by atoms with Gasteiger partial charge in [0.2, 0.25) is 5.91 Å². The molecule has 1 aliphatic rings. The molecule has 3 aromatic rings. The third-order valence-electron chi connectivity index (χ3n) is 7.69. The molecule has 0 spiro atoms. The van der Waals surface area contributed by atoms with Gasteiger partial charge in [0, 0.05) is 62.6 Å². The van der Waals surface area contributed by atoms with Crippen molar-refractivity contribution in [2.75, 3.05) is 31.6 Å². The van der Waals surface area contributed by atoms with E-state index in [9.17, 15) is 18.0 Å². The molecule has 0 N–H and O–H groups in total. The van der Waals surface area contributed by atoms with E-state index in [1.165, 1.54) is 18.2 Å². The van der Waals surface area contributed by atoms with Crippen LogP contribution in [-0.4, -0.2) is 53.4 Å². The summed E-state index contributed by atoms with van der Waals surface area (Å²) < 4.78 is 38.8. The van der Waals surface area contributed by atoms with Crippen molar-refractivity contribution in [3.05, 3.63) is 95.8 Å². The number of carbonyl (C=O) groups is 1. The van der Waals surface area contributed by atoms with Crippen molar-refractivity contribution in [2.45, 2.75) is 51.9 Å². The van der Waals surface area contributed by atoms with Crippen LogP contribution in [0.15, 0.2) is 79.1 Å². The van der Waals surface area contributed by atoms with Crippen LogP contribution in [0.4, 0.5) is 24.5 Å². The maximum Gasteiger partial charge on any atom is 0.416 e. The van der Waals surface area contributed by atoms with Crippen molar-refractivity contribution >= 4 is 23.4 Å². The highest BCUT2D eigenvalue weighted by atomic mass is 19.4. The molecule has 1 fully saturated rings. The van der Waals surface area contributed by atoms with Crippen LogP contribution in [0, 0.1) is 5.92 Å². The Labute approximate surface area is 241 Å². The first kappa shape index (κ1) is 30.3. The first-order valence-corrected chi connectivity index (χ1v) is 14.2. The Balaban J connectivity index is 1.48. The summed E-state index contributed by atoms with van der Waals surface area (Å²) in [5.41, 5.74) is 2.93. The van der Waals surface area contributed by atoms with Gasteiger partial charge >= 0.3 is 6.18 Å². The number of aromatic nitrogens is 1. The van der Waals surface area contributed by atoms with Crippen molar-refractivity contribution in [1.82, 2.24) is 14.8 Å². The third kappa shape index (κ3) is 8.67. The highest BCUT2D eigenvalue weighted by Gasteiger charge is 2.30. The summed E-state index contributed by atoms with van der Waals surface area (Å²) >= 11 is 0. The fourth-order valence-electron chi connectivity index (χ4n) is 5.07. The van der Waals surface area contributed by atoms with E-state index < -0.39 is 11.7 Å². The normalized spacial score (nSPS) is 15.0. The van der Waals surface area contributed by atoms with Gasteiger partial charge in [0.05, 0.1) is 5.56 Å². The van der Waals surface area contributed by atoms with E-state index in [0.29, 0.717) is 18.0 Å². The molecular weight excluding hydrogens is 525 g/mol. The molecule has 2 heterocycles. The number of carbonyl (C=O) groups excluding carboxylic acids is 1. The van der Waals surface area contributed by atoms with Crippen LogP contribution in [0.3, 0.4) is 0 Å². The Kier molecular flexibility index (Phi) is 10.2. The second kappa shape index (κ2) is 13.8. The van der Waals surface area contributed by atoms with Gasteiger partial charge in [-0.1, -0.05) is 38.1 Å². The Bertz CT molecular complexity index is 1270. The maximum atomic E-state index is 13.5. The summed E-state index contributed by atoms with van der Waals surface area (Å²) in [6.07, 6.45) is 5.15. The van der Waals surface area contributed by atoms with Gasteiger partial charge in [-0.05, 0) is 85.3 Å². The van der Waals surface area contributed by atoms with Crippen molar-refractivity contribution in [1.29, 1.82) is 0 Å². The Morgan fingerprint density at radius 1 is 0.976 bits per heavy atom. The number of anilines is 2. The predicted molar refractivity (Wildman–Crippen MR) is 159 cm³/mol. The second-order valence-electron chi connectivity index (χ2n) is 11.1. The summed E-state index contributed by atoms with van der Waals surface area (Å²) in [7, 11) is 2.00. The van der Waals surface area contributed by atoms with Crippen LogP contribution in [-0.2, 0) is 17.5 Å². The average Bonchev–Trinajstić information content (AvgIpc) is 2.98. The number of alkyl halides is 3. The van der Waals surface area contributed by atoms with Gasteiger partial charge in [0.25, 0.3) is 0 Å². The van der Waals surface area contributed by atoms with Crippen LogP contribution in [0.2, 0.25) is 0 Å². The summed E-state index contributed by atoms with van der Waals surface area (Å²) in [5, 5.41) is 0. The largest absolute Gasteiger partial charge is 0.416 e. The van der Waals surface area contributed by atoms with Gasteiger partial charge in [-0.2, -0.15) is 13.2 Å². The molecule has 0 saturated carbocycles. The molecule has 218 valence electrons. The fraction of sp³-hybridized carbons (Fsp3) is 0.394. The highest BCUT2D eigenvalue weighted by Crippen LogP contribution is 2.29. The van der Waals surface area contributed by atoms with Crippen molar-refractivity contribution in [2.24, 2.45) is 5.92 Å². The van der Waals surface area contributed by atoms with Gasteiger partial charge < -0.3 is 14.7 Å². The Hall–Kier alpha value is -3.65. The summed E-state index contributed by atoms with van der Waals surface area (Å²) in [6, 6.07) is 17.0. The molecule has 0 bridgehead atoms. The number of pyridine rings is 1. The van der Waals surface area contributed by atoms with Gasteiger partial charge in [0.1, 0.15) is 0 Å². The van der Waals surface area contributed by atoms with E-state index in [1.54, 1.807) is 18.5 Å². The maximum absolute atomic E-state index is 13.5. The molecule has 0 unspecified atom stereocenters. The smallest absolute Gasteiger partial charge is 0.345 e. The van der Waals surface area contributed by atoms with Crippen LogP contribution >= 0.6 is 0 Å². The lowest BCUT2D eigenvalue weighted by molar-refractivity contribution is -0.137. The lowest BCUT2D eigenvalue weighted by atomic mass is 10.0. The lowest BCUT2D eigenvalue weighted by Crippen LogP contribution is -2.46. The van der Waals surface area contributed by atoms with E-state index in [-0.39, 0.29) is 11.9 Å². The molecule has 8 heteroatoms.